The smallest absolute Gasteiger partial charge is 0.398 e. The van der Waals surface area contributed by atoms with E-state index in [-0.39, 0.29) is 12.7 Å². The van der Waals surface area contributed by atoms with Gasteiger partial charge in [-0.15, -0.1) is 0 Å². The Bertz CT molecular complexity index is 317. The van der Waals surface area contributed by atoms with E-state index in [1.807, 2.05) is 0 Å². The molecule has 1 saturated carbocycles. The lowest BCUT2D eigenvalue weighted by Crippen LogP contribution is -2.48. The van der Waals surface area contributed by atoms with E-state index in [9.17, 15) is 9.90 Å². The first-order valence-electron chi connectivity index (χ1n) is 7.46. The fourth-order valence-corrected chi connectivity index (χ4v) is 2.86. The predicted octanol–water partition coefficient (Wildman–Crippen LogP) is 2.32. The summed E-state index contributed by atoms with van der Waals surface area (Å²) in [6, 6.07) is 0. The highest BCUT2D eigenvalue weighted by molar-refractivity contribution is 5.76. The Morgan fingerprint density at radius 3 is 2.55 bits per heavy atom. The van der Waals surface area contributed by atoms with Crippen LogP contribution in [0.5, 0.6) is 0 Å². The molecule has 20 heavy (non-hydrogen) atoms. The van der Waals surface area contributed by atoms with Gasteiger partial charge in [-0.2, -0.15) is 0 Å². The highest BCUT2D eigenvalue weighted by Gasteiger charge is 2.43. The Labute approximate surface area is 121 Å². The van der Waals surface area contributed by atoms with Crippen molar-refractivity contribution in [3.8, 4) is 0 Å². The zero-order valence-corrected chi connectivity index (χ0v) is 13.2. The summed E-state index contributed by atoms with van der Waals surface area (Å²) < 4.78 is 15.2. The van der Waals surface area contributed by atoms with Crippen LogP contribution >= 0.6 is 0 Å². The number of carbonyl (C=O) groups is 1. The molecular weight excluding hydrogens is 260 g/mol. The van der Waals surface area contributed by atoms with Gasteiger partial charge >= 0.3 is 11.9 Å². The third kappa shape index (κ3) is 4.17. The molecule has 0 heterocycles. The van der Waals surface area contributed by atoms with Crippen LogP contribution in [0.3, 0.4) is 0 Å². The van der Waals surface area contributed by atoms with Crippen LogP contribution in [0.15, 0.2) is 0 Å². The van der Waals surface area contributed by atoms with Gasteiger partial charge in [0.1, 0.15) is 6.10 Å². The zero-order chi connectivity index (χ0) is 15.3. The number of hydrogen-bond acceptors (Lipinski definition) is 5. The number of rotatable bonds is 6. The van der Waals surface area contributed by atoms with Crippen molar-refractivity contribution in [2.24, 2.45) is 17.8 Å². The van der Waals surface area contributed by atoms with Gasteiger partial charge in [-0.1, -0.05) is 27.2 Å². The normalized spacial score (nSPS) is 30.1. The van der Waals surface area contributed by atoms with Gasteiger partial charge in [0.25, 0.3) is 0 Å². The molecule has 0 saturated heterocycles. The third-order valence-electron chi connectivity index (χ3n) is 4.09. The first-order chi connectivity index (χ1) is 9.34. The van der Waals surface area contributed by atoms with Crippen LogP contribution in [-0.4, -0.2) is 36.9 Å². The van der Waals surface area contributed by atoms with Gasteiger partial charge in [-0.3, -0.25) is 0 Å². The second-order valence-electron chi connectivity index (χ2n) is 5.99. The van der Waals surface area contributed by atoms with E-state index in [1.54, 1.807) is 6.92 Å². The first-order valence-corrected chi connectivity index (χ1v) is 7.46. The number of ether oxygens (including phenoxy) is 3. The topological polar surface area (TPSA) is 65.0 Å². The molecule has 1 aliphatic rings. The Kier molecular flexibility index (Phi) is 6.43. The predicted molar refractivity (Wildman–Crippen MR) is 74.8 cm³/mol. The SMILES string of the molecule is CCOC(O)(OC)C(=O)OC1CC(C)CCC1C(C)C. The summed E-state index contributed by atoms with van der Waals surface area (Å²) in [5.74, 6) is -1.88. The van der Waals surface area contributed by atoms with Gasteiger partial charge in [0.05, 0.1) is 6.61 Å². The minimum absolute atomic E-state index is 0.161. The van der Waals surface area contributed by atoms with Crippen molar-refractivity contribution < 1.29 is 24.1 Å². The average Bonchev–Trinajstić information content (AvgIpc) is 2.38. The number of aliphatic hydroxyl groups is 1. The molecule has 1 N–H and O–H groups in total. The van der Waals surface area contributed by atoms with E-state index in [1.165, 1.54) is 7.11 Å². The van der Waals surface area contributed by atoms with Gasteiger partial charge < -0.3 is 19.3 Å². The molecule has 1 fully saturated rings. The molecule has 1 aliphatic carbocycles. The first kappa shape index (κ1) is 17.4. The molecule has 0 spiro atoms. The molecule has 5 heteroatoms. The molecule has 0 aromatic carbocycles. The van der Waals surface area contributed by atoms with E-state index >= 15 is 0 Å². The fourth-order valence-electron chi connectivity index (χ4n) is 2.86. The lowest BCUT2D eigenvalue weighted by molar-refractivity contribution is -0.338. The largest absolute Gasteiger partial charge is 0.456 e. The van der Waals surface area contributed by atoms with Crippen molar-refractivity contribution in [1.82, 2.24) is 0 Å². The molecule has 0 radical (unpaired) electrons. The molecule has 0 bridgehead atoms. The number of carbonyl (C=O) groups excluding carboxylic acids is 1. The summed E-state index contributed by atoms with van der Waals surface area (Å²) in [5.41, 5.74) is 0. The van der Waals surface area contributed by atoms with Crippen LogP contribution in [-0.2, 0) is 19.0 Å². The zero-order valence-electron chi connectivity index (χ0n) is 13.2. The molecule has 0 aromatic rings. The second kappa shape index (κ2) is 7.38. The monoisotopic (exact) mass is 288 g/mol. The molecule has 0 aliphatic heterocycles. The lowest BCUT2D eigenvalue weighted by Gasteiger charge is -2.37. The number of esters is 1. The Morgan fingerprint density at radius 2 is 2.05 bits per heavy atom. The molecule has 4 atom stereocenters. The molecule has 1 rings (SSSR count). The number of methoxy groups -OCH3 is 1. The molecule has 0 aromatic heterocycles. The van der Waals surface area contributed by atoms with Gasteiger partial charge in [0.2, 0.25) is 0 Å². The van der Waals surface area contributed by atoms with Crippen LogP contribution in [0.1, 0.15) is 47.0 Å². The highest BCUT2D eigenvalue weighted by Crippen LogP contribution is 2.36. The quantitative estimate of drug-likeness (QED) is 0.600. The minimum Gasteiger partial charge on any atom is -0.456 e. The minimum atomic E-state index is -2.29. The van der Waals surface area contributed by atoms with Crippen LogP contribution in [0.25, 0.3) is 0 Å². The van der Waals surface area contributed by atoms with E-state index in [0.717, 1.165) is 19.3 Å². The van der Waals surface area contributed by atoms with Crippen molar-refractivity contribution in [2.45, 2.75) is 59.0 Å². The average molecular weight is 288 g/mol. The van der Waals surface area contributed by atoms with Crippen LogP contribution < -0.4 is 0 Å². The van der Waals surface area contributed by atoms with Crippen molar-refractivity contribution in [2.75, 3.05) is 13.7 Å². The Hall–Kier alpha value is -0.650. The maximum absolute atomic E-state index is 12.1. The van der Waals surface area contributed by atoms with Gasteiger partial charge in [-0.05, 0) is 37.5 Å². The summed E-state index contributed by atoms with van der Waals surface area (Å²) in [7, 11) is 1.22. The summed E-state index contributed by atoms with van der Waals surface area (Å²) in [5, 5.41) is 9.99. The van der Waals surface area contributed by atoms with Gasteiger partial charge in [0.15, 0.2) is 0 Å². The van der Waals surface area contributed by atoms with E-state index in [0.29, 0.717) is 17.8 Å². The summed E-state index contributed by atoms with van der Waals surface area (Å²) in [6.07, 6.45) is 2.82. The van der Waals surface area contributed by atoms with E-state index in [4.69, 9.17) is 14.2 Å². The van der Waals surface area contributed by atoms with Gasteiger partial charge in [0, 0.05) is 7.11 Å². The third-order valence-corrected chi connectivity index (χ3v) is 4.09. The molecule has 0 amide bonds. The Balaban J connectivity index is 2.74. The maximum atomic E-state index is 12.1. The summed E-state index contributed by atoms with van der Waals surface area (Å²) in [4.78, 5) is 12.1. The summed E-state index contributed by atoms with van der Waals surface area (Å²) >= 11 is 0. The van der Waals surface area contributed by atoms with Gasteiger partial charge in [-0.25, -0.2) is 4.79 Å². The van der Waals surface area contributed by atoms with Crippen molar-refractivity contribution in [1.29, 1.82) is 0 Å². The summed E-state index contributed by atoms with van der Waals surface area (Å²) in [6.45, 7) is 8.26. The fraction of sp³-hybridized carbons (Fsp3) is 0.933. The molecule has 5 nitrogen and oxygen atoms in total. The standard InChI is InChI=1S/C15H28O5/c1-6-19-15(17,18-5)14(16)20-13-9-11(4)7-8-12(13)10(2)3/h10-13,17H,6-9H2,1-5H3. The molecular formula is C15H28O5. The molecule has 118 valence electrons. The molecule has 4 unspecified atom stereocenters. The van der Waals surface area contributed by atoms with Crippen molar-refractivity contribution in [3.63, 3.8) is 0 Å². The van der Waals surface area contributed by atoms with Crippen LogP contribution in [0, 0.1) is 17.8 Å². The van der Waals surface area contributed by atoms with E-state index in [2.05, 4.69) is 20.8 Å². The van der Waals surface area contributed by atoms with Crippen LogP contribution in [0.4, 0.5) is 0 Å². The van der Waals surface area contributed by atoms with Crippen LogP contribution in [0.2, 0.25) is 0 Å². The second-order valence-corrected chi connectivity index (χ2v) is 5.99. The van der Waals surface area contributed by atoms with Crippen molar-refractivity contribution in [3.05, 3.63) is 0 Å². The number of hydrogen-bond donors (Lipinski definition) is 1. The van der Waals surface area contributed by atoms with E-state index < -0.39 is 11.9 Å². The highest BCUT2D eigenvalue weighted by atomic mass is 16.8. The lowest BCUT2D eigenvalue weighted by atomic mass is 9.75. The maximum Gasteiger partial charge on any atom is 0.398 e. The Morgan fingerprint density at radius 1 is 1.40 bits per heavy atom. The van der Waals surface area contributed by atoms with Crippen molar-refractivity contribution >= 4 is 5.97 Å².